The highest BCUT2D eigenvalue weighted by molar-refractivity contribution is 6.16. The van der Waals surface area contributed by atoms with E-state index in [-0.39, 0.29) is 0 Å². The summed E-state index contributed by atoms with van der Waals surface area (Å²) in [6.07, 6.45) is 7.11. The average Bonchev–Trinajstić information content (AvgIpc) is 2.71. The van der Waals surface area contributed by atoms with Gasteiger partial charge in [-0.25, -0.2) is 4.98 Å². The van der Waals surface area contributed by atoms with Crippen molar-refractivity contribution >= 4 is 11.6 Å². The molecule has 0 bridgehead atoms. The van der Waals surface area contributed by atoms with Crippen LogP contribution in [-0.4, -0.2) is 14.5 Å². The molecule has 0 aliphatic rings. The van der Waals surface area contributed by atoms with E-state index < -0.39 is 0 Å². The SMILES string of the molecule is ClCc1cc(-n2ccnc2)ccn1. The fourth-order valence-corrected chi connectivity index (χ4v) is 1.26. The highest BCUT2D eigenvalue weighted by atomic mass is 35.5. The van der Waals surface area contributed by atoms with Crippen molar-refractivity contribution in [3.8, 4) is 5.69 Å². The summed E-state index contributed by atoms with van der Waals surface area (Å²) in [5.74, 6) is 0.433. The van der Waals surface area contributed by atoms with Gasteiger partial charge in [0.1, 0.15) is 0 Å². The van der Waals surface area contributed by atoms with Gasteiger partial charge in [-0.15, -0.1) is 11.6 Å². The Hall–Kier alpha value is -1.35. The minimum Gasteiger partial charge on any atom is -0.306 e. The quantitative estimate of drug-likeness (QED) is 0.684. The lowest BCUT2D eigenvalue weighted by molar-refractivity contribution is 1.03. The number of aromatic nitrogens is 3. The lowest BCUT2D eigenvalue weighted by Crippen LogP contribution is -1.92. The van der Waals surface area contributed by atoms with Crippen molar-refractivity contribution in [2.24, 2.45) is 0 Å². The Morgan fingerprint density at radius 1 is 1.38 bits per heavy atom. The van der Waals surface area contributed by atoms with Gasteiger partial charge in [-0.3, -0.25) is 4.98 Å². The molecule has 0 atom stereocenters. The fourth-order valence-electron chi connectivity index (χ4n) is 1.11. The van der Waals surface area contributed by atoms with Crippen LogP contribution in [0.25, 0.3) is 5.69 Å². The Kier molecular flexibility index (Phi) is 2.27. The lowest BCUT2D eigenvalue weighted by Gasteiger charge is -2.02. The zero-order valence-corrected chi connectivity index (χ0v) is 7.65. The third kappa shape index (κ3) is 1.70. The predicted molar refractivity (Wildman–Crippen MR) is 50.9 cm³/mol. The molecule has 0 N–H and O–H groups in total. The molecule has 2 aromatic rings. The van der Waals surface area contributed by atoms with E-state index >= 15 is 0 Å². The topological polar surface area (TPSA) is 30.7 Å². The minimum atomic E-state index is 0.433. The normalized spacial score (nSPS) is 10.2. The maximum absolute atomic E-state index is 5.67. The molecule has 13 heavy (non-hydrogen) atoms. The molecule has 66 valence electrons. The molecule has 2 heterocycles. The number of nitrogens with zero attached hydrogens (tertiary/aromatic N) is 3. The molecule has 0 aromatic carbocycles. The highest BCUT2D eigenvalue weighted by Gasteiger charge is 1.96. The van der Waals surface area contributed by atoms with Crippen LogP contribution < -0.4 is 0 Å². The molecule has 0 spiro atoms. The van der Waals surface area contributed by atoms with Gasteiger partial charge >= 0.3 is 0 Å². The Morgan fingerprint density at radius 3 is 3.00 bits per heavy atom. The van der Waals surface area contributed by atoms with Crippen LogP contribution in [0.15, 0.2) is 37.1 Å². The van der Waals surface area contributed by atoms with E-state index in [1.807, 2.05) is 22.9 Å². The van der Waals surface area contributed by atoms with Gasteiger partial charge in [0.25, 0.3) is 0 Å². The molecule has 0 amide bonds. The van der Waals surface area contributed by atoms with Crippen molar-refractivity contribution in [1.29, 1.82) is 0 Å². The summed E-state index contributed by atoms with van der Waals surface area (Å²) in [5.41, 5.74) is 1.90. The Morgan fingerprint density at radius 2 is 2.31 bits per heavy atom. The number of pyridine rings is 1. The molecule has 0 unspecified atom stereocenters. The molecule has 3 nitrogen and oxygen atoms in total. The van der Waals surface area contributed by atoms with Gasteiger partial charge in [0.05, 0.1) is 17.9 Å². The van der Waals surface area contributed by atoms with Gasteiger partial charge < -0.3 is 4.57 Å². The molecule has 0 aliphatic carbocycles. The van der Waals surface area contributed by atoms with Crippen LogP contribution in [-0.2, 0) is 5.88 Å². The summed E-state index contributed by atoms with van der Waals surface area (Å²) in [5, 5.41) is 0. The van der Waals surface area contributed by atoms with Gasteiger partial charge in [-0.2, -0.15) is 0 Å². The van der Waals surface area contributed by atoms with E-state index in [0.717, 1.165) is 11.4 Å². The second kappa shape index (κ2) is 3.58. The van der Waals surface area contributed by atoms with Gasteiger partial charge in [0.15, 0.2) is 0 Å². The second-order valence-electron chi connectivity index (χ2n) is 2.61. The first-order chi connectivity index (χ1) is 6.40. The molecule has 0 radical (unpaired) electrons. The number of imidazole rings is 1. The number of rotatable bonds is 2. The lowest BCUT2D eigenvalue weighted by atomic mass is 10.3. The zero-order chi connectivity index (χ0) is 9.10. The summed E-state index contributed by atoms with van der Waals surface area (Å²) in [6, 6.07) is 3.85. The maximum atomic E-state index is 5.67. The summed E-state index contributed by atoms with van der Waals surface area (Å²) in [7, 11) is 0. The summed E-state index contributed by atoms with van der Waals surface area (Å²) < 4.78 is 1.91. The van der Waals surface area contributed by atoms with Crippen molar-refractivity contribution in [1.82, 2.24) is 14.5 Å². The van der Waals surface area contributed by atoms with Gasteiger partial charge in [-0.1, -0.05) is 0 Å². The van der Waals surface area contributed by atoms with Gasteiger partial charge in [0.2, 0.25) is 0 Å². The van der Waals surface area contributed by atoms with Gasteiger partial charge in [0, 0.05) is 24.3 Å². The number of alkyl halides is 1. The number of halogens is 1. The molecule has 4 heteroatoms. The van der Waals surface area contributed by atoms with Crippen LogP contribution in [0.1, 0.15) is 5.69 Å². The Balaban J connectivity index is 2.41. The average molecular weight is 194 g/mol. The van der Waals surface area contributed by atoms with E-state index in [9.17, 15) is 0 Å². The first-order valence-electron chi connectivity index (χ1n) is 3.89. The molecule has 0 fully saturated rings. The molecule has 0 aliphatic heterocycles. The number of hydrogen-bond acceptors (Lipinski definition) is 2. The van der Waals surface area contributed by atoms with Crippen LogP contribution in [0.4, 0.5) is 0 Å². The first-order valence-corrected chi connectivity index (χ1v) is 4.43. The largest absolute Gasteiger partial charge is 0.306 e. The summed E-state index contributed by atoms with van der Waals surface area (Å²) in [6.45, 7) is 0. The van der Waals surface area contributed by atoms with Crippen LogP contribution in [0.2, 0.25) is 0 Å². The van der Waals surface area contributed by atoms with E-state index in [1.54, 1.807) is 18.7 Å². The zero-order valence-electron chi connectivity index (χ0n) is 6.89. The third-order valence-electron chi connectivity index (χ3n) is 1.74. The van der Waals surface area contributed by atoms with Crippen molar-refractivity contribution < 1.29 is 0 Å². The van der Waals surface area contributed by atoms with Crippen LogP contribution in [0.3, 0.4) is 0 Å². The van der Waals surface area contributed by atoms with Crippen LogP contribution >= 0.6 is 11.6 Å². The predicted octanol–water partition coefficient (Wildman–Crippen LogP) is 2.01. The maximum Gasteiger partial charge on any atom is 0.0991 e. The number of hydrogen-bond donors (Lipinski definition) is 0. The van der Waals surface area contributed by atoms with E-state index in [4.69, 9.17) is 11.6 Å². The first kappa shape index (κ1) is 8.26. The van der Waals surface area contributed by atoms with Crippen molar-refractivity contribution in [2.45, 2.75) is 5.88 Å². The smallest absolute Gasteiger partial charge is 0.0991 e. The molecular weight excluding hydrogens is 186 g/mol. The Labute approximate surface area is 81.0 Å². The van der Waals surface area contributed by atoms with Gasteiger partial charge in [-0.05, 0) is 12.1 Å². The molecule has 2 aromatic heterocycles. The standard InChI is InChI=1S/C9H8ClN3/c10-6-8-5-9(1-2-12-8)13-4-3-11-7-13/h1-5,7H,6H2. The summed E-state index contributed by atoms with van der Waals surface area (Å²) >= 11 is 5.67. The Bertz CT molecular complexity index is 384. The highest BCUT2D eigenvalue weighted by Crippen LogP contribution is 2.08. The van der Waals surface area contributed by atoms with Crippen LogP contribution in [0.5, 0.6) is 0 Å². The van der Waals surface area contributed by atoms with Crippen molar-refractivity contribution in [3.05, 3.63) is 42.7 Å². The molecule has 0 saturated carbocycles. The van der Waals surface area contributed by atoms with E-state index in [1.165, 1.54) is 0 Å². The minimum absolute atomic E-state index is 0.433. The van der Waals surface area contributed by atoms with Crippen LogP contribution in [0, 0.1) is 0 Å². The molecule has 2 rings (SSSR count). The third-order valence-corrected chi connectivity index (χ3v) is 2.01. The van der Waals surface area contributed by atoms with E-state index in [0.29, 0.717) is 5.88 Å². The second-order valence-corrected chi connectivity index (χ2v) is 2.88. The van der Waals surface area contributed by atoms with Crippen molar-refractivity contribution in [3.63, 3.8) is 0 Å². The molecule has 0 saturated heterocycles. The van der Waals surface area contributed by atoms with Crippen molar-refractivity contribution in [2.75, 3.05) is 0 Å². The molecular formula is C9H8ClN3. The fraction of sp³-hybridized carbons (Fsp3) is 0.111. The van der Waals surface area contributed by atoms with E-state index in [2.05, 4.69) is 9.97 Å². The summed E-state index contributed by atoms with van der Waals surface area (Å²) in [4.78, 5) is 8.07. The monoisotopic (exact) mass is 193 g/mol.